The molecule has 0 fully saturated rings. The summed E-state index contributed by atoms with van der Waals surface area (Å²) >= 11 is 8.51. The Morgan fingerprint density at radius 3 is 1.81 bits per heavy atom. The summed E-state index contributed by atoms with van der Waals surface area (Å²) in [6, 6.07) is 0. The van der Waals surface area contributed by atoms with Crippen molar-refractivity contribution in [1.29, 1.82) is 0 Å². The molecule has 0 atom stereocenters. The van der Waals surface area contributed by atoms with Gasteiger partial charge in [0.05, 0.1) is 5.03 Å². The average Bonchev–Trinajstić information content (AvgIpc) is 2.65. The molecule has 0 bridgehead atoms. The van der Waals surface area contributed by atoms with Crippen LogP contribution in [-0.4, -0.2) is 82.5 Å². The molecule has 0 unspecified atom stereocenters. The lowest BCUT2D eigenvalue weighted by atomic mass is 10.6. The van der Waals surface area contributed by atoms with Gasteiger partial charge >= 0.3 is 12.2 Å². The van der Waals surface area contributed by atoms with Crippen molar-refractivity contribution < 1.29 is 24.1 Å². The number of thioether (sulfide) groups is 1. The van der Waals surface area contributed by atoms with Crippen LogP contribution < -0.4 is 11.0 Å². The van der Waals surface area contributed by atoms with E-state index >= 15 is 0 Å². The maximum Gasteiger partial charge on any atom is 0.443 e. The Kier molecular flexibility index (Phi) is 12.9. The van der Waals surface area contributed by atoms with Gasteiger partial charge in [0, 0.05) is 39.7 Å². The van der Waals surface area contributed by atoms with Crippen molar-refractivity contribution >= 4 is 71.0 Å². The Bertz CT molecular complexity index is 563. The van der Waals surface area contributed by atoms with E-state index in [0.717, 1.165) is 0 Å². The molecule has 10 nitrogen and oxygen atoms in total. The minimum atomic E-state index is -0.716. The second-order valence-corrected chi connectivity index (χ2v) is 8.50. The van der Waals surface area contributed by atoms with Crippen LogP contribution in [0, 0.1) is 0 Å². The largest absolute Gasteiger partial charge is 0.443 e. The molecule has 154 valence electrons. The molecule has 0 spiro atoms. The highest BCUT2D eigenvalue weighted by molar-refractivity contribution is 8.02. The predicted octanol–water partition coefficient (Wildman–Crippen LogP) is 1.68. The molecule has 0 heterocycles. The minimum Gasteiger partial charge on any atom is -0.343 e. The van der Waals surface area contributed by atoms with Crippen LogP contribution >= 0.6 is 47.9 Å². The van der Waals surface area contributed by atoms with Gasteiger partial charge in [0.1, 0.15) is 0 Å². The Hall–Kier alpha value is -1.51. The van der Waals surface area contributed by atoms with Crippen LogP contribution in [0.4, 0.5) is 9.59 Å². The number of carbonyl (C=O) groups excluding carboxylic acids is 3. The van der Waals surface area contributed by atoms with Gasteiger partial charge in [0.25, 0.3) is 5.91 Å². The quantitative estimate of drug-likeness (QED) is 0.241. The molecule has 2 N–H and O–H groups in total. The molecule has 0 aliphatic heterocycles. The first-order valence-electron chi connectivity index (χ1n) is 7.25. The molecule has 0 aromatic heterocycles. The lowest BCUT2D eigenvalue weighted by molar-refractivity contribution is -0.122. The molecule has 0 aromatic rings. The number of thiocarbonyl (C=S) groups is 1. The zero-order valence-corrected chi connectivity index (χ0v) is 18.9. The smallest absolute Gasteiger partial charge is 0.343 e. The molecule has 0 aliphatic rings. The molecular weight excluding hydrogens is 434 g/mol. The fourth-order valence-electron chi connectivity index (χ4n) is 1.06. The zero-order chi connectivity index (χ0) is 21.0. The number of hydroxylamine groups is 2. The Morgan fingerprint density at radius 1 is 0.963 bits per heavy atom. The predicted molar refractivity (Wildman–Crippen MR) is 114 cm³/mol. The summed E-state index contributed by atoms with van der Waals surface area (Å²) in [6.07, 6.45) is 0.506. The average molecular weight is 458 g/mol. The van der Waals surface area contributed by atoms with Crippen molar-refractivity contribution in [3.8, 4) is 0 Å². The number of hydrogen-bond donors (Lipinski definition) is 2. The molecule has 14 heteroatoms. The molecule has 27 heavy (non-hydrogen) atoms. The molecule has 0 saturated heterocycles. The highest BCUT2D eigenvalue weighted by atomic mass is 32.2. The third-order valence-corrected chi connectivity index (χ3v) is 5.44. The van der Waals surface area contributed by atoms with E-state index in [-0.39, 0.29) is 4.99 Å². The molecule has 0 saturated carbocycles. The first kappa shape index (κ1) is 25.5. The molecule has 0 rings (SSSR count). The van der Waals surface area contributed by atoms with Crippen LogP contribution in [0.1, 0.15) is 0 Å². The van der Waals surface area contributed by atoms with Crippen molar-refractivity contribution in [2.45, 2.75) is 0 Å². The number of carbonyl (C=O) groups is 3. The van der Waals surface area contributed by atoms with E-state index in [0.29, 0.717) is 16.5 Å². The lowest BCUT2D eigenvalue weighted by Gasteiger charge is -2.18. The maximum absolute atomic E-state index is 11.8. The summed E-state index contributed by atoms with van der Waals surface area (Å²) in [5.74, 6) is 0.567. The number of nitrogens with one attached hydrogen (secondary N) is 2. The zero-order valence-electron chi connectivity index (χ0n) is 15.6. The maximum atomic E-state index is 11.8. The van der Waals surface area contributed by atoms with Gasteiger partial charge in [-0.15, -0.1) is 11.8 Å². The second kappa shape index (κ2) is 13.6. The van der Waals surface area contributed by atoms with Gasteiger partial charge in [0.2, 0.25) is 0 Å². The van der Waals surface area contributed by atoms with Crippen molar-refractivity contribution in [2.75, 3.05) is 46.0 Å². The fraction of sp³-hybridized carbons (Fsp3) is 0.538. The summed E-state index contributed by atoms with van der Waals surface area (Å²) in [5, 5.41) is 0.512. The van der Waals surface area contributed by atoms with Gasteiger partial charge in [-0.05, 0) is 30.2 Å². The summed E-state index contributed by atoms with van der Waals surface area (Å²) < 4.78 is 2.55. The highest BCUT2D eigenvalue weighted by Crippen LogP contribution is 2.15. The third kappa shape index (κ3) is 11.0. The lowest BCUT2D eigenvalue weighted by Crippen LogP contribution is -2.40. The summed E-state index contributed by atoms with van der Waals surface area (Å²) in [6.45, 7) is 3.62. The van der Waals surface area contributed by atoms with E-state index in [1.165, 1.54) is 70.3 Å². The molecular formula is C13H23N5O5S4. The van der Waals surface area contributed by atoms with Crippen molar-refractivity contribution in [3.05, 3.63) is 11.6 Å². The first-order chi connectivity index (χ1) is 12.6. The Morgan fingerprint density at radius 2 is 1.41 bits per heavy atom. The molecule has 3 amide bonds. The van der Waals surface area contributed by atoms with Crippen LogP contribution in [0.15, 0.2) is 11.6 Å². The minimum absolute atomic E-state index is 0.222. The number of hydrogen-bond acceptors (Lipinski definition) is 10. The van der Waals surface area contributed by atoms with Crippen LogP contribution in [-0.2, 0) is 14.5 Å². The van der Waals surface area contributed by atoms with E-state index in [1.54, 1.807) is 13.3 Å². The normalized spacial score (nSPS) is 9.67. The van der Waals surface area contributed by atoms with Gasteiger partial charge in [-0.3, -0.25) is 13.4 Å². The topological polar surface area (TPSA) is 103 Å². The molecule has 0 aliphatic carbocycles. The van der Waals surface area contributed by atoms with Crippen molar-refractivity contribution in [1.82, 2.24) is 24.5 Å². The number of nitrogens with zero attached hydrogens (tertiary/aromatic N) is 3. The van der Waals surface area contributed by atoms with E-state index in [2.05, 4.69) is 17.5 Å². The first-order valence-corrected chi connectivity index (χ1v) is 10.8. The van der Waals surface area contributed by atoms with Gasteiger partial charge in [-0.2, -0.15) is 0 Å². The van der Waals surface area contributed by atoms with Crippen LogP contribution in [0.25, 0.3) is 0 Å². The summed E-state index contributed by atoms with van der Waals surface area (Å²) in [7, 11) is 6.12. The number of likely N-dealkylation sites (N-methyl/N-ethyl adjacent to an activating group) is 1. The number of rotatable bonds is 8. The van der Waals surface area contributed by atoms with Gasteiger partial charge in [-0.1, -0.05) is 18.8 Å². The fourth-order valence-corrected chi connectivity index (χ4v) is 2.84. The number of amides is 3. The van der Waals surface area contributed by atoms with E-state index in [4.69, 9.17) is 21.9 Å². The van der Waals surface area contributed by atoms with Crippen LogP contribution in [0.5, 0.6) is 0 Å². The monoisotopic (exact) mass is 457 g/mol. The van der Waals surface area contributed by atoms with Gasteiger partial charge in [-0.25, -0.2) is 20.5 Å². The van der Waals surface area contributed by atoms with Gasteiger partial charge in [0.15, 0.2) is 4.99 Å². The van der Waals surface area contributed by atoms with Crippen molar-refractivity contribution in [2.24, 2.45) is 0 Å². The molecule has 0 radical (unpaired) electrons. The third-order valence-electron chi connectivity index (χ3n) is 2.50. The Balaban J connectivity index is 4.01. The standard InChI is InChI=1S/C13H23N5O5S4/c1-9(25-6)14-22-12(20)17(4)26-7-8-27-18(5)13(21)23-15-10(24)11(19)16(2)3/h14H,1,7-8H2,2-6H3,(H,15,24). The van der Waals surface area contributed by atoms with Crippen molar-refractivity contribution in [3.63, 3.8) is 0 Å². The summed E-state index contributed by atoms with van der Waals surface area (Å²) in [4.78, 5) is 45.6. The van der Waals surface area contributed by atoms with E-state index in [9.17, 15) is 14.4 Å². The molecule has 0 aromatic carbocycles. The highest BCUT2D eigenvalue weighted by Gasteiger charge is 2.17. The van der Waals surface area contributed by atoms with E-state index in [1.807, 2.05) is 0 Å². The Labute approximate surface area is 176 Å². The SMILES string of the molecule is C=C(NOC(=O)N(C)SCCSN(C)C(=O)ONC(=S)C(=O)N(C)C)SC. The van der Waals surface area contributed by atoms with Crippen LogP contribution in [0.2, 0.25) is 0 Å². The van der Waals surface area contributed by atoms with Gasteiger partial charge < -0.3 is 14.6 Å². The van der Waals surface area contributed by atoms with E-state index < -0.39 is 18.1 Å². The summed E-state index contributed by atoms with van der Waals surface area (Å²) in [5.41, 5.74) is 4.56. The van der Waals surface area contributed by atoms with Crippen LogP contribution in [0.3, 0.4) is 0 Å². The second-order valence-electron chi connectivity index (χ2n) is 4.76.